The quantitative estimate of drug-likeness (QED) is 0.564. The first kappa shape index (κ1) is 18.8. The smallest absolute Gasteiger partial charge is 0.122 e. The van der Waals surface area contributed by atoms with Crippen LogP contribution in [-0.2, 0) is 0 Å². The summed E-state index contributed by atoms with van der Waals surface area (Å²) in [6.07, 6.45) is 7.32. The van der Waals surface area contributed by atoms with Crippen LogP contribution >= 0.6 is 11.3 Å². The van der Waals surface area contributed by atoms with E-state index in [0.717, 1.165) is 45.8 Å². The molecule has 0 bridgehead atoms. The molecular formula is C23H27N4S+. The lowest BCUT2D eigenvalue weighted by Crippen LogP contribution is -2.36. The van der Waals surface area contributed by atoms with Crippen LogP contribution in [0.5, 0.6) is 0 Å². The van der Waals surface area contributed by atoms with Crippen LogP contribution in [-0.4, -0.2) is 54.9 Å². The van der Waals surface area contributed by atoms with Gasteiger partial charge in [0.1, 0.15) is 5.01 Å². The molecule has 4 rings (SSSR count). The predicted molar refractivity (Wildman–Crippen MR) is 122 cm³/mol. The van der Waals surface area contributed by atoms with Crippen molar-refractivity contribution in [3.8, 4) is 0 Å². The van der Waals surface area contributed by atoms with Crippen LogP contribution < -0.4 is 0 Å². The van der Waals surface area contributed by atoms with E-state index < -0.39 is 0 Å². The van der Waals surface area contributed by atoms with Crippen molar-refractivity contribution >= 4 is 44.2 Å². The van der Waals surface area contributed by atoms with E-state index in [0.29, 0.717) is 0 Å². The second-order valence-electron chi connectivity index (χ2n) is 8.33. The van der Waals surface area contributed by atoms with Gasteiger partial charge in [-0.2, -0.15) is 0 Å². The lowest BCUT2D eigenvalue weighted by molar-refractivity contribution is -0.870. The van der Waals surface area contributed by atoms with E-state index in [1.807, 2.05) is 6.34 Å². The first-order valence-corrected chi connectivity index (χ1v) is 10.5. The Labute approximate surface area is 170 Å². The molecule has 144 valence electrons. The predicted octanol–water partition coefficient (Wildman–Crippen LogP) is 5.13. The molecule has 0 radical (unpaired) electrons. The summed E-state index contributed by atoms with van der Waals surface area (Å²) in [6.45, 7) is 4.26. The van der Waals surface area contributed by atoms with Crippen LogP contribution in [0.3, 0.4) is 0 Å². The number of quaternary nitrogens is 1. The van der Waals surface area contributed by atoms with Gasteiger partial charge in [-0.05, 0) is 24.5 Å². The lowest BCUT2D eigenvalue weighted by Gasteiger charge is -2.25. The van der Waals surface area contributed by atoms with Gasteiger partial charge in [-0.15, -0.1) is 11.3 Å². The number of benzene rings is 2. The topological polar surface area (TPSA) is 28.5 Å². The van der Waals surface area contributed by atoms with Gasteiger partial charge in [0.2, 0.25) is 0 Å². The second-order valence-corrected chi connectivity index (χ2v) is 9.36. The Balaban J connectivity index is 1.55. The van der Waals surface area contributed by atoms with Gasteiger partial charge >= 0.3 is 0 Å². The van der Waals surface area contributed by atoms with E-state index in [1.165, 1.54) is 15.5 Å². The van der Waals surface area contributed by atoms with E-state index in [4.69, 9.17) is 9.98 Å². The molecule has 0 atom stereocenters. The number of aromatic nitrogens is 1. The Bertz CT molecular complexity index is 1080. The van der Waals surface area contributed by atoms with E-state index in [1.54, 1.807) is 11.3 Å². The Hall–Kier alpha value is -2.50. The molecule has 1 aliphatic rings. The molecule has 0 N–H and O–H groups in total. The highest BCUT2D eigenvalue weighted by atomic mass is 32.1. The molecule has 0 spiro atoms. The standard InChI is InChI=1S/C23H27N4S/c1-17(20-12-14-26(16-24-20)13-7-15-27(2,3)4)23-25-22-19-9-6-5-8-18(19)10-11-21(22)28-23/h5-6,8-12,14,16H,7,13,15H2,1-4H3/q+1. The van der Waals surface area contributed by atoms with Crippen molar-refractivity contribution in [3.63, 3.8) is 0 Å². The van der Waals surface area contributed by atoms with Crippen LogP contribution in [0.15, 0.2) is 59.4 Å². The zero-order chi connectivity index (χ0) is 19.7. The highest BCUT2D eigenvalue weighted by Crippen LogP contribution is 2.33. The molecule has 5 heteroatoms. The fourth-order valence-electron chi connectivity index (χ4n) is 3.40. The van der Waals surface area contributed by atoms with E-state index in [-0.39, 0.29) is 0 Å². The molecule has 0 saturated heterocycles. The third-order valence-corrected chi connectivity index (χ3v) is 6.14. The molecule has 1 aromatic heterocycles. The van der Waals surface area contributed by atoms with Crippen LogP contribution in [0.2, 0.25) is 0 Å². The van der Waals surface area contributed by atoms with Crippen molar-refractivity contribution in [2.45, 2.75) is 13.3 Å². The van der Waals surface area contributed by atoms with Gasteiger partial charge in [-0.1, -0.05) is 30.3 Å². The normalized spacial score (nSPS) is 16.4. The molecule has 0 aliphatic carbocycles. The zero-order valence-electron chi connectivity index (χ0n) is 17.0. The number of thiazole rings is 1. The van der Waals surface area contributed by atoms with Crippen LogP contribution in [0.4, 0.5) is 0 Å². The van der Waals surface area contributed by atoms with Gasteiger partial charge in [0.05, 0.1) is 49.9 Å². The van der Waals surface area contributed by atoms with Crippen molar-refractivity contribution in [2.24, 2.45) is 4.99 Å². The molecule has 3 aromatic rings. The van der Waals surface area contributed by atoms with Gasteiger partial charge in [0, 0.05) is 30.1 Å². The van der Waals surface area contributed by atoms with E-state index >= 15 is 0 Å². The van der Waals surface area contributed by atoms with Crippen LogP contribution in [0.25, 0.3) is 26.6 Å². The Morgan fingerprint density at radius 1 is 1.11 bits per heavy atom. The molecule has 4 nitrogen and oxygen atoms in total. The van der Waals surface area contributed by atoms with E-state index in [2.05, 4.69) is 81.6 Å². The van der Waals surface area contributed by atoms with Crippen molar-refractivity contribution in [3.05, 3.63) is 59.4 Å². The zero-order valence-corrected chi connectivity index (χ0v) is 17.8. The summed E-state index contributed by atoms with van der Waals surface area (Å²) >= 11 is 1.74. The average molecular weight is 392 g/mol. The molecule has 28 heavy (non-hydrogen) atoms. The first-order valence-electron chi connectivity index (χ1n) is 9.69. The summed E-state index contributed by atoms with van der Waals surface area (Å²) in [5.74, 6) is 0. The molecular weight excluding hydrogens is 364 g/mol. The number of aliphatic imine (C=N–C) groups is 1. The van der Waals surface area contributed by atoms with E-state index in [9.17, 15) is 0 Å². The fourth-order valence-corrected chi connectivity index (χ4v) is 4.39. The number of allylic oxidation sites excluding steroid dienone is 2. The Morgan fingerprint density at radius 3 is 2.68 bits per heavy atom. The highest BCUT2D eigenvalue weighted by Gasteiger charge is 2.13. The maximum Gasteiger partial charge on any atom is 0.122 e. The molecule has 0 fully saturated rings. The van der Waals surface area contributed by atoms with Crippen LogP contribution in [0, 0.1) is 0 Å². The summed E-state index contributed by atoms with van der Waals surface area (Å²) in [7, 11) is 6.68. The van der Waals surface area contributed by atoms with Gasteiger partial charge in [-0.25, -0.2) is 9.98 Å². The molecule has 0 amide bonds. The monoisotopic (exact) mass is 391 g/mol. The van der Waals surface area contributed by atoms with Crippen molar-refractivity contribution in [1.82, 2.24) is 9.88 Å². The minimum absolute atomic E-state index is 0.991. The largest absolute Gasteiger partial charge is 0.339 e. The first-order chi connectivity index (χ1) is 13.4. The van der Waals surface area contributed by atoms with Gasteiger partial charge in [0.15, 0.2) is 0 Å². The fraction of sp³-hybridized carbons (Fsp3) is 0.304. The maximum atomic E-state index is 4.95. The maximum absolute atomic E-state index is 4.95. The average Bonchev–Trinajstić information content (AvgIpc) is 3.12. The summed E-state index contributed by atoms with van der Waals surface area (Å²) in [5.41, 5.74) is 3.21. The molecule has 2 aromatic carbocycles. The molecule has 0 unspecified atom stereocenters. The summed E-state index contributed by atoms with van der Waals surface area (Å²) in [6, 6.07) is 12.8. The lowest BCUT2D eigenvalue weighted by atomic mass is 10.1. The molecule has 1 aliphatic heterocycles. The van der Waals surface area contributed by atoms with Crippen LogP contribution in [0.1, 0.15) is 18.4 Å². The third-order valence-electron chi connectivity index (χ3n) is 5.00. The van der Waals surface area contributed by atoms with Gasteiger partial charge < -0.3 is 9.38 Å². The minimum Gasteiger partial charge on any atom is -0.339 e. The van der Waals surface area contributed by atoms with Crippen molar-refractivity contribution < 1.29 is 4.48 Å². The summed E-state index contributed by atoms with van der Waals surface area (Å²) in [5, 5.41) is 3.49. The third kappa shape index (κ3) is 4.01. The number of hydrogen-bond donors (Lipinski definition) is 0. The number of rotatable bonds is 5. The molecule has 0 saturated carbocycles. The number of nitrogens with zero attached hydrogens (tertiary/aromatic N) is 4. The van der Waals surface area contributed by atoms with Gasteiger partial charge in [-0.3, -0.25) is 0 Å². The Kier molecular flexibility index (Phi) is 5.04. The van der Waals surface area contributed by atoms with Crippen molar-refractivity contribution in [1.29, 1.82) is 0 Å². The Morgan fingerprint density at radius 2 is 1.93 bits per heavy atom. The SMILES string of the molecule is CC(=C1C=CN(CCC[N+](C)(C)C)C=N1)c1nc2c(ccc3ccccc32)s1. The van der Waals surface area contributed by atoms with Crippen molar-refractivity contribution in [2.75, 3.05) is 34.2 Å². The second kappa shape index (κ2) is 7.49. The number of hydrogen-bond acceptors (Lipinski definition) is 4. The summed E-state index contributed by atoms with van der Waals surface area (Å²) in [4.78, 5) is 11.8. The number of fused-ring (bicyclic) bond motifs is 3. The summed E-state index contributed by atoms with van der Waals surface area (Å²) < 4.78 is 2.21. The van der Waals surface area contributed by atoms with Gasteiger partial charge in [0.25, 0.3) is 0 Å². The minimum atomic E-state index is 0.991. The highest BCUT2D eigenvalue weighted by molar-refractivity contribution is 7.19. The molecule has 2 heterocycles.